The number of aromatic nitrogens is 4. The summed E-state index contributed by atoms with van der Waals surface area (Å²) in [5.74, 6) is 0. The minimum absolute atomic E-state index is 0.143. The average molecular weight is 395 g/mol. The number of hydrogen-bond acceptors (Lipinski definition) is 6. The zero-order valence-corrected chi connectivity index (χ0v) is 15.8. The molecule has 0 amide bonds. The quantitative estimate of drug-likeness (QED) is 0.538. The maximum atomic E-state index is 12.6. The van der Waals surface area contributed by atoms with Gasteiger partial charge in [0, 0.05) is 11.3 Å². The van der Waals surface area contributed by atoms with Gasteiger partial charge in [-0.25, -0.2) is 13.4 Å². The smallest absolute Gasteiger partial charge is 0.318 e. The first kappa shape index (κ1) is 17.9. The van der Waals surface area contributed by atoms with E-state index >= 15 is 0 Å². The summed E-state index contributed by atoms with van der Waals surface area (Å²) in [5, 5.41) is 13.8. The third kappa shape index (κ3) is 3.27. The van der Waals surface area contributed by atoms with Crippen LogP contribution >= 0.6 is 0 Å². The Bertz CT molecular complexity index is 1230. The van der Waals surface area contributed by atoms with E-state index < -0.39 is 10.0 Å². The summed E-state index contributed by atoms with van der Waals surface area (Å²) in [5.41, 5.74) is 3.45. The van der Waals surface area contributed by atoms with Gasteiger partial charge in [0.05, 0.1) is 11.1 Å². The SMILES string of the molecule is CCc1ccc(NS(=O)(=O)c2ccc(-c3cnn4c(O)ncnc34)cc2)cc1. The molecule has 0 saturated heterocycles. The van der Waals surface area contributed by atoms with Gasteiger partial charge in [0.15, 0.2) is 5.65 Å². The highest BCUT2D eigenvalue weighted by Gasteiger charge is 2.16. The molecule has 0 aliphatic carbocycles. The molecule has 4 aromatic rings. The molecule has 28 heavy (non-hydrogen) atoms. The van der Waals surface area contributed by atoms with Gasteiger partial charge in [-0.2, -0.15) is 14.6 Å². The first-order chi connectivity index (χ1) is 13.5. The van der Waals surface area contributed by atoms with Crippen molar-refractivity contribution in [3.05, 3.63) is 66.6 Å². The second kappa shape index (κ2) is 6.93. The van der Waals surface area contributed by atoms with Gasteiger partial charge in [-0.15, -0.1) is 0 Å². The number of anilines is 1. The van der Waals surface area contributed by atoms with Crippen LogP contribution in [0.4, 0.5) is 5.69 Å². The predicted molar refractivity (Wildman–Crippen MR) is 105 cm³/mol. The molecule has 0 unspecified atom stereocenters. The summed E-state index contributed by atoms with van der Waals surface area (Å²) in [6.07, 6.45) is 3.67. The van der Waals surface area contributed by atoms with Crippen molar-refractivity contribution >= 4 is 21.4 Å². The standard InChI is InChI=1S/C19H17N5O3S/c1-2-13-3-7-15(8-4-13)23-28(26,27)16-9-5-14(6-10-16)17-11-22-24-18(17)20-12-21-19(24)25/h3-12,23H,2H2,1H3,(H,20,21,25). The Hall–Kier alpha value is -3.46. The van der Waals surface area contributed by atoms with Crippen molar-refractivity contribution in [2.75, 3.05) is 4.72 Å². The highest BCUT2D eigenvalue weighted by Crippen LogP contribution is 2.26. The van der Waals surface area contributed by atoms with Crippen molar-refractivity contribution in [2.45, 2.75) is 18.2 Å². The van der Waals surface area contributed by atoms with Crippen LogP contribution in [-0.4, -0.2) is 33.1 Å². The molecule has 2 aromatic carbocycles. The monoisotopic (exact) mass is 395 g/mol. The molecule has 8 nitrogen and oxygen atoms in total. The van der Waals surface area contributed by atoms with E-state index in [4.69, 9.17) is 0 Å². The van der Waals surface area contributed by atoms with E-state index in [2.05, 4.69) is 19.8 Å². The Balaban J connectivity index is 1.62. The second-order valence-electron chi connectivity index (χ2n) is 6.15. The van der Waals surface area contributed by atoms with E-state index in [-0.39, 0.29) is 10.9 Å². The Morgan fingerprint density at radius 1 is 1.04 bits per heavy atom. The van der Waals surface area contributed by atoms with Gasteiger partial charge in [-0.1, -0.05) is 31.2 Å². The normalized spacial score (nSPS) is 11.6. The summed E-state index contributed by atoms with van der Waals surface area (Å²) >= 11 is 0. The molecule has 0 spiro atoms. The molecule has 2 N–H and O–H groups in total. The second-order valence-corrected chi connectivity index (χ2v) is 7.83. The first-order valence-electron chi connectivity index (χ1n) is 8.58. The summed E-state index contributed by atoms with van der Waals surface area (Å²) in [7, 11) is -3.70. The van der Waals surface area contributed by atoms with Crippen LogP contribution in [0.15, 0.2) is 66.0 Å². The van der Waals surface area contributed by atoms with Crippen LogP contribution in [-0.2, 0) is 16.4 Å². The molecular formula is C19H17N5O3S. The number of nitrogens with one attached hydrogen (secondary N) is 1. The van der Waals surface area contributed by atoms with Gasteiger partial charge in [0.2, 0.25) is 0 Å². The topological polar surface area (TPSA) is 109 Å². The molecule has 0 bridgehead atoms. The zero-order chi connectivity index (χ0) is 19.7. The number of benzene rings is 2. The lowest BCUT2D eigenvalue weighted by Gasteiger charge is -2.09. The fraction of sp³-hybridized carbons (Fsp3) is 0.105. The molecular weight excluding hydrogens is 378 g/mol. The third-order valence-electron chi connectivity index (χ3n) is 4.38. The molecule has 0 aliphatic rings. The summed E-state index contributed by atoms with van der Waals surface area (Å²) < 4.78 is 29.0. The molecule has 4 rings (SSSR count). The van der Waals surface area contributed by atoms with Crippen molar-refractivity contribution in [1.82, 2.24) is 19.6 Å². The van der Waals surface area contributed by atoms with E-state index in [0.29, 0.717) is 16.9 Å². The summed E-state index contributed by atoms with van der Waals surface area (Å²) in [6, 6.07) is 13.4. The Labute approximate surface area is 161 Å². The van der Waals surface area contributed by atoms with Gasteiger partial charge >= 0.3 is 6.01 Å². The number of sulfonamides is 1. The van der Waals surface area contributed by atoms with Crippen LogP contribution in [0.5, 0.6) is 6.01 Å². The van der Waals surface area contributed by atoms with Crippen molar-refractivity contribution in [3.63, 3.8) is 0 Å². The summed E-state index contributed by atoms with van der Waals surface area (Å²) in [4.78, 5) is 7.93. The number of fused-ring (bicyclic) bond motifs is 1. The molecule has 9 heteroatoms. The van der Waals surface area contributed by atoms with Crippen molar-refractivity contribution in [3.8, 4) is 17.1 Å². The number of aryl methyl sites for hydroxylation is 1. The van der Waals surface area contributed by atoms with E-state index in [9.17, 15) is 13.5 Å². The van der Waals surface area contributed by atoms with Gasteiger partial charge < -0.3 is 5.11 Å². The van der Waals surface area contributed by atoms with Gasteiger partial charge in [0.1, 0.15) is 6.33 Å². The Morgan fingerprint density at radius 3 is 2.43 bits per heavy atom. The van der Waals surface area contributed by atoms with Crippen LogP contribution in [0.25, 0.3) is 16.8 Å². The maximum Gasteiger partial charge on any atom is 0.318 e. The molecule has 0 atom stereocenters. The van der Waals surface area contributed by atoms with Crippen molar-refractivity contribution in [1.29, 1.82) is 0 Å². The largest absolute Gasteiger partial charge is 0.479 e. The lowest BCUT2D eigenvalue weighted by atomic mass is 10.1. The Morgan fingerprint density at radius 2 is 1.75 bits per heavy atom. The molecule has 0 radical (unpaired) electrons. The van der Waals surface area contributed by atoms with Gasteiger partial charge in [-0.05, 0) is 41.8 Å². The zero-order valence-electron chi connectivity index (χ0n) is 14.9. The molecule has 0 aliphatic heterocycles. The third-order valence-corrected chi connectivity index (χ3v) is 5.77. The van der Waals surface area contributed by atoms with Crippen LogP contribution < -0.4 is 4.72 Å². The van der Waals surface area contributed by atoms with Crippen LogP contribution in [0.1, 0.15) is 12.5 Å². The Kier molecular flexibility index (Phi) is 4.44. The lowest BCUT2D eigenvalue weighted by Crippen LogP contribution is -2.12. The fourth-order valence-corrected chi connectivity index (χ4v) is 3.90. The van der Waals surface area contributed by atoms with Crippen LogP contribution in [0.3, 0.4) is 0 Å². The average Bonchev–Trinajstić information content (AvgIpc) is 3.14. The lowest BCUT2D eigenvalue weighted by molar-refractivity contribution is 0.411. The first-order valence-corrected chi connectivity index (χ1v) is 10.1. The minimum Gasteiger partial charge on any atom is -0.479 e. The molecule has 0 saturated carbocycles. The van der Waals surface area contributed by atoms with Crippen LogP contribution in [0, 0.1) is 0 Å². The highest BCUT2D eigenvalue weighted by molar-refractivity contribution is 7.92. The fourth-order valence-electron chi connectivity index (χ4n) is 2.84. The maximum absolute atomic E-state index is 12.6. The molecule has 2 aromatic heterocycles. The van der Waals surface area contributed by atoms with E-state index in [1.807, 2.05) is 19.1 Å². The number of aromatic hydroxyl groups is 1. The van der Waals surface area contributed by atoms with Crippen molar-refractivity contribution < 1.29 is 13.5 Å². The van der Waals surface area contributed by atoms with Gasteiger partial charge in [-0.3, -0.25) is 4.72 Å². The van der Waals surface area contributed by atoms with E-state index in [0.717, 1.165) is 17.5 Å². The van der Waals surface area contributed by atoms with Gasteiger partial charge in [0.25, 0.3) is 10.0 Å². The molecule has 2 heterocycles. The number of rotatable bonds is 5. The minimum atomic E-state index is -3.70. The summed E-state index contributed by atoms with van der Waals surface area (Å²) in [6.45, 7) is 2.04. The van der Waals surface area contributed by atoms with E-state index in [1.165, 1.54) is 23.0 Å². The highest BCUT2D eigenvalue weighted by atomic mass is 32.2. The van der Waals surface area contributed by atoms with Crippen LogP contribution in [0.2, 0.25) is 0 Å². The predicted octanol–water partition coefficient (Wildman–Crippen LogP) is 2.86. The molecule has 0 fully saturated rings. The van der Waals surface area contributed by atoms with Crippen molar-refractivity contribution in [2.24, 2.45) is 0 Å². The van der Waals surface area contributed by atoms with E-state index in [1.54, 1.807) is 30.5 Å². The molecule has 142 valence electrons. The number of hydrogen-bond donors (Lipinski definition) is 2. The number of nitrogens with zero attached hydrogens (tertiary/aromatic N) is 4.